The van der Waals surface area contributed by atoms with Crippen molar-refractivity contribution in [2.24, 2.45) is 0 Å². The first-order valence-electron chi connectivity index (χ1n) is 9.87. The van der Waals surface area contributed by atoms with Crippen LogP contribution < -0.4 is 10.6 Å². The van der Waals surface area contributed by atoms with E-state index in [0.717, 1.165) is 5.56 Å². The molecule has 0 saturated heterocycles. The molecule has 0 saturated carbocycles. The maximum Gasteiger partial charge on any atom is 0.408 e. The van der Waals surface area contributed by atoms with E-state index < -0.39 is 35.7 Å². The van der Waals surface area contributed by atoms with Crippen molar-refractivity contribution in [3.05, 3.63) is 48.0 Å². The van der Waals surface area contributed by atoms with Gasteiger partial charge in [-0.1, -0.05) is 30.3 Å². The molecule has 2 N–H and O–H groups in total. The number of hydrogen-bond donors (Lipinski definition) is 2. The molecule has 2 rings (SSSR count). The third-order valence-corrected chi connectivity index (χ3v) is 4.18. The van der Waals surface area contributed by atoms with Crippen LogP contribution in [0.3, 0.4) is 0 Å². The minimum absolute atomic E-state index is 0.134. The lowest BCUT2D eigenvalue weighted by Crippen LogP contribution is -2.44. The summed E-state index contributed by atoms with van der Waals surface area (Å²) in [6.07, 6.45) is 1.07. The van der Waals surface area contributed by atoms with Crippen LogP contribution in [0.25, 0.3) is 0 Å². The predicted molar refractivity (Wildman–Crippen MR) is 112 cm³/mol. The van der Waals surface area contributed by atoms with Crippen LogP contribution >= 0.6 is 0 Å². The lowest BCUT2D eigenvalue weighted by molar-refractivity contribution is -0.145. The number of esters is 1. The Morgan fingerprint density at radius 3 is 2.42 bits per heavy atom. The van der Waals surface area contributed by atoms with Crippen molar-refractivity contribution >= 4 is 18.0 Å². The first-order chi connectivity index (χ1) is 14.6. The Bertz CT molecular complexity index is 891. The SMILES string of the molecule is COC(=O)[C@H](Cc1ccccc1)NC(=O)Cn1cnnc1[C@H](C)NC(=O)OC(C)(C)C. The first kappa shape index (κ1) is 23.8. The molecule has 2 amide bonds. The lowest BCUT2D eigenvalue weighted by Gasteiger charge is -2.22. The Kier molecular flexibility index (Phi) is 8.12. The predicted octanol–water partition coefficient (Wildman–Crippen LogP) is 1.76. The molecule has 1 heterocycles. The average molecular weight is 431 g/mol. The number of alkyl carbamates (subject to hydrolysis) is 1. The van der Waals surface area contributed by atoms with Crippen LogP contribution in [0, 0.1) is 0 Å². The standard InChI is InChI=1S/C21H29N5O5/c1-14(23-20(29)31-21(2,3)4)18-25-22-13-26(18)12-17(27)24-16(19(28)30-5)11-15-9-7-6-8-10-15/h6-10,13-14,16H,11-12H2,1-5H3,(H,23,29)(H,24,27)/t14-,16-/m0/s1. The van der Waals surface area contributed by atoms with Crippen molar-refractivity contribution in [1.82, 2.24) is 25.4 Å². The highest BCUT2D eigenvalue weighted by atomic mass is 16.6. The van der Waals surface area contributed by atoms with E-state index in [-0.39, 0.29) is 6.54 Å². The van der Waals surface area contributed by atoms with Crippen molar-refractivity contribution in [3.8, 4) is 0 Å². The third-order valence-electron chi connectivity index (χ3n) is 4.18. The van der Waals surface area contributed by atoms with E-state index in [1.165, 1.54) is 18.0 Å². The van der Waals surface area contributed by atoms with Gasteiger partial charge in [0.15, 0.2) is 5.82 Å². The summed E-state index contributed by atoms with van der Waals surface area (Å²) in [4.78, 5) is 36.7. The van der Waals surface area contributed by atoms with E-state index in [1.54, 1.807) is 27.7 Å². The second kappa shape index (κ2) is 10.6. The molecule has 31 heavy (non-hydrogen) atoms. The summed E-state index contributed by atoms with van der Waals surface area (Å²) in [7, 11) is 1.27. The molecular formula is C21H29N5O5. The molecule has 1 aromatic carbocycles. The fourth-order valence-corrected chi connectivity index (χ4v) is 2.85. The molecule has 2 aromatic rings. The molecule has 0 unspecified atom stereocenters. The van der Waals surface area contributed by atoms with E-state index in [9.17, 15) is 14.4 Å². The maximum absolute atomic E-state index is 12.6. The van der Waals surface area contributed by atoms with Crippen molar-refractivity contribution in [1.29, 1.82) is 0 Å². The minimum Gasteiger partial charge on any atom is -0.467 e. The van der Waals surface area contributed by atoms with Crippen LogP contribution in [0.4, 0.5) is 4.79 Å². The molecule has 0 spiro atoms. The fraction of sp³-hybridized carbons (Fsp3) is 0.476. The molecule has 0 fully saturated rings. The van der Waals surface area contributed by atoms with Crippen LogP contribution in [-0.2, 0) is 32.0 Å². The van der Waals surface area contributed by atoms with Crippen molar-refractivity contribution in [2.45, 2.75) is 58.3 Å². The largest absolute Gasteiger partial charge is 0.467 e. The quantitative estimate of drug-likeness (QED) is 0.610. The molecule has 0 aliphatic heterocycles. The zero-order valence-electron chi connectivity index (χ0n) is 18.4. The lowest BCUT2D eigenvalue weighted by atomic mass is 10.1. The highest BCUT2D eigenvalue weighted by Gasteiger charge is 2.24. The molecule has 10 nitrogen and oxygen atoms in total. The average Bonchev–Trinajstić information content (AvgIpc) is 3.14. The van der Waals surface area contributed by atoms with Gasteiger partial charge in [0.1, 0.15) is 24.5 Å². The van der Waals surface area contributed by atoms with Gasteiger partial charge >= 0.3 is 12.1 Å². The van der Waals surface area contributed by atoms with Gasteiger partial charge in [-0.25, -0.2) is 9.59 Å². The van der Waals surface area contributed by atoms with Crippen molar-refractivity contribution < 1.29 is 23.9 Å². The molecule has 0 radical (unpaired) electrons. The second-order valence-corrected chi connectivity index (χ2v) is 8.02. The number of methoxy groups -OCH3 is 1. The Morgan fingerprint density at radius 1 is 1.13 bits per heavy atom. The van der Waals surface area contributed by atoms with Crippen LogP contribution in [0.2, 0.25) is 0 Å². The Labute approximate surface area is 181 Å². The molecule has 0 bridgehead atoms. The Balaban J connectivity index is 2.02. The summed E-state index contributed by atoms with van der Waals surface area (Å²) in [5.74, 6) is -0.586. The second-order valence-electron chi connectivity index (χ2n) is 8.02. The normalized spacial score (nSPS) is 13.1. The molecule has 0 aliphatic rings. The van der Waals surface area contributed by atoms with Gasteiger partial charge in [0, 0.05) is 6.42 Å². The number of nitrogens with one attached hydrogen (secondary N) is 2. The summed E-state index contributed by atoms with van der Waals surface area (Å²) in [5.41, 5.74) is 0.248. The topological polar surface area (TPSA) is 124 Å². The number of aromatic nitrogens is 3. The van der Waals surface area contributed by atoms with Gasteiger partial charge in [-0.15, -0.1) is 10.2 Å². The van der Waals surface area contributed by atoms with Crippen LogP contribution in [0.1, 0.15) is 45.1 Å². The van der Waals surface area contributed by atoms with E-state index in [0.29, 0.717) is 12.2 Å². The number of rotatable bonds is 8. The molecule has 2 atom stereocenters. The highest BCUT2D eigenvalue weighted by molar-refractivity contribution is 5.84. The van der Waals surface area contributed by atoms with Crippen LogP contribution in [0.15, 0.2) is 36.7 Å². The Hall–Kier alpha value is -3.43. The van der Waals surface area contributed by atoms with Crippen LogP contribution in [-0.4, -0.2) is 51.5 Å². The van der Waals surface area contributed by atoms with E-state index >= 15 is 0 Å². The van der Waals surface area contributed by atoms with Gasteiger partial charge in [0.2, 0.25) is 5.91 Å². The number of carbonyl (C=O) groups is 3. The molecule has 1 aromatic heterocycles. The minimum atomic E-state index is -0.836. The van der Waals surface area contributed by atoms with Crippen LogP contribution in [0.5, 0.6) is 0 Å². The fourth-order valence-electron chi connectivity index (χ4n) is 2.85. The number of ether oxygens (including phenoxy) is 2. The highest BCUT2D eigenvalue weighted by Crippen LogP contribution is 2.12. The maximum atomic E-state index is 12.6. The van der Waals surface area contributed by atoms with E-state index in [4.69, 9.17) is 9.47 Å². The number of hydrogen-bond acceptors (Lipinski definition) is 7. The zero-order valence-corrected chi connectivity index (χ0v) is 18.4. The molecular weight excluding hydrogens is 402 g/mol. The third kappa shape index (κ3) is 7.72. The van der Waals surface area contributed by atoms with Gasteiger partial charge in [0.25, 0.3) is 0 Å². The number of carbonyl (C=O) groups excluding carboxylic acids is 3. The monoisotopic (exact) mass is 431 g/mol. The zero-order chi connectivity index (χ0) is 23.0. The molecule has 10 heteroatoms. The summed E-state index contributed by atoms with van der Waals surface area (Å²) < 4.78 is 11.6. The summed E-state index contributed by atoms with van der Waals surface area (Å²) in [6.45, 7) is 6.85. The van der Waals surface area contributed by atoms with E-state index in [2.05, 4.69) is 20.8 Å². The smallest absolute Gasteiger partial charge is 0.408 e. The summed E-state index contributed by atoms with van der Waals surface area (Å²) in [5, 5.41) is 13.2. The Morgan fingerprint density at radius 2 is 1.81 bits per heavy atom. The molecule has 0 aliphatic carbocycles. The van der Waals surface area contributed by atoms with E-state index in [1.807, 2.05) is 30.3 Å². The first-order valence-corrected chi connectivity index (χ1v) is 9.87. The number of nitrogens with zero attached hydrogens (tertiary/aromatic N) is 3. The summed E-state index contributed by atoms with van der Waals surface area (Å²) >= 11 is 0. The number of amides is 2. The van der Waals surface area contributed by atoms with Crippen molar-refractivity contribution in [2.75, 3.05) is 7.11 Å². The molecule has 168 valence electrons. The van der Waals surface area contributed by atoms with Gasteiger partial charge in [0.05, 0.1) is 13.2 Å². The summed E-state index contributed by atoms with van der Waals surface area (Å²) in [6, 6.07) is 7.92. The van der Waals surface area contributed by atoms with Crippen molar-refractivity contribution in [3.63, 3.8) is 0 Å². The number of benzene rings is 1. The van der Waals surface area contributed by atoms with Gasteiger partial charge in [-0.2, -0.15) is 0 Å². The van der Waals surface area contributed by atoms with Gasteiger partial charge in [-0.3, -0.25) is 4.79 Å². The van der Waals surface area contributed by atoms with Gasteiger partial charge < -0.3 is 24.7 Å². The van der Waals surface area contributed by atoms with Gasteiger partial charge in [-0.05, 0) is 33.3 Å².